The first-order chi connectivity index (χ1) is 8.90. The minimum absolute atomic E-state index is 0.145. The van der Waals surface area contributed by atoms with Gasteiger partial charge in [0.1, 0.15) is 5.82 Å². The lowest BCUT2D eigenvalue weighted by Gasteiger charge is -2.22. The van der Waals surface area contributed by atoms with Crippen LogP contribution < -0.4 is 5.32 Å². The number of aromatic nitrogens is 1. The van der Waals surface area contributed by atoms with Crippen LogP contribution in [0.15, 0.2) is 6.07 Å². The number of nitrogens with zero attached hydrogens (tertiary/aromatic N) is 1. The van der Waals surface area contributed by atoms with E-state index in [0.29, 0.717) is 6.42 Å². The molecule has 1 aliphatic heterocycles. The predicted molar refractivity (Wildman–Crippen MR) is 68.1 cm³/mol. The Hall–Kier alpha value is -1.78. The summed E-state index contributed by atoms with van der Waals surface area (Å²) in [6.45, 7) is 5.74. The normalized spacial score (nSPS) is 19.7. The zero-order valence-electron chi connectivity index (χ0n) is 11.3. The molecule has 1 aromatic rings. The molecule has 5 heteroatoms. The molecule has 2 heterocycles. The minimum Gasteiger partial charge on any atom is -0.296 e. The minimum atomic E-state index is -0.669. The maximum atomic E-state index is 14.1. The van der Waals surface area contributed by atoms with Crippen molar-refractivity contribution in [1.82, 2.24) is 10.3 Å². The van der Waals surface area contributed by atoms with Crippen molar-refractivity contribution < 1.29 is 14.0 Å². The van der Waals surface area contributed by atoms with Crippen LogP contribution in [0.1, 0.15) is 55.5 Å². The smallest absolute Gasteiger partial charge is 0.235 e. The molecule has 0 aromatic carbocycles. The average molecular weight is 264 g/mol. The fourth-order valence-electron chi connectivity index (χ4n) is 2.40. The number of amides is 2. The summed E-state index contributed by atoms with van der Waals surface area (Å²) < 4.78 is 14.1. The van der Waals surface area contributed by atoms with Crippen molar-refractivity contribution in [3.8, 4) is 0 Å². The van der Waals surface area contributed by atoms with E-state index in [4.69, 9.17) is 0 Å². The maximum absolute atomic E-state index is 14.1. The van der Waals surface area contributed by atoms with E-state index in [9.17, 15) is 14.0 Å². The summed E-state index contributed by atoms with van der Waals surface area (Å²) in [4.78, 5) is 27.1. The van der Waals surface area contributed by atoms with Crippen LogP contribution in [0.3, 0.4) is 0 Å². The summed E-state index contributed by atoms with van der Waals surface area (Å²) in [5.74, 6) is -1.73. The first-order valence-corrected chi connectivity index (χ1v) is 6.40. The van der Waals surface area contributed by atoms with Gasteiger partial charge in [0.25, 0.3) is 0 Å². The summed E-state index contributed by atoms with van der Waals surface area (Å²) in [6, 6.07) is 1.45. The summed E-state index contributed by atoms with van der Waals surface area (Å²) in [6.07, 6.45) is 0.539. The van der Waals surface area contributed by atoms with Gasteiger partial charge in [-0.3, -0.25) is 19.9 Å². The van der Waals surface area contributed by atoms with Crippen molar-refractivity contribution in [2.75, 3.05) is 0 Å². The van der Waals surface area contributed by atoms with Crippen molar-refractivity contribution in [2.45, 2.75) is 45.4 Å². The Morgan fingerprint density at radius 1 is 1.42 bits per heavy atom. The number of rotatable bonds is 2. The number of imide groups is 1. The molecule has 4 nitrogen and oxygen atoms in total. The molecule has 1 saturated heterocycles. The van der Waals surface area contributed by atoms with Gasteiger partial charge in [0.05, 0.1) is 11.6 Å². The average Bonchev–Trinajstić information content (AvgIpc) is 2.32. The molecule has 1 N–H and O–H groups in total. The van der Waals surface area contributed by atoms with Gasteiger partial charge in [-0.15, -0.1) is 0 Å². The van der Waals surface area contributed by atoms with Crippen LogP contribution in [-0.4, -0.2) is 16.8 Å². The number of carbonyl (C=O) groups is 2. The Morgan fingerprint density at radius 3 is 2.68 bits per heavy atom. The van der Waals surface area contributed by atoms with Crippen LogP contribution in [0.5, 0.6) is 0 Å². The fraction of sp³-hybridized carbons (Fsp3) is 0.500. The topological polar surface area (TPSA) is 59.1 Å². The Morgan fingerprint density at radius 2 is 2.11 bits per heavy atom. The summed E-state index contributed by atoms with van der Waals surface area (Å²) >= 11 is 0. The second kappa shape index (κ2) is 5.07. The zero-order chi connectivity index (χ0) is 14.2. The SMILES string of the molecule is Cc1nc(C2CCC(=O)NC2=O)c(F)cc1C(C)C. The molecule has 2 rings (SSSR count). The van der Waals surface area contributed by atoms with E-state index in [2.05, 4.69) is 10.3 Å². The third-order valence-corrected chi connectivity index (χ3v) is 3.42. The lowest BCUT2D eigenvalue weighted by atomic mass is 9.92. The third kappa shape index (κ3) is 2.64. The molecule has 0 spiro atoms. The number of nitrogens with one attached hydrogen (secondary N) is 1. The summed E-state index contributed by atoms with van der Waals surface area (Å²) in [5.41, 5.74) is 1.72. The van der Waals surface area contributed by atoms with Gasteiger partial charge in [-0.05, 0) is 30.9 Å². The summed E-state index contributed by atoms with van der Waals surface area (Å²) in [5, 5.41) is 2.23. The molecule has 1 aromatic heterocycles. The van der Waals surface area contributed by atoms with Crippen LogP contribution in [0, 0.1) is 12.7 Å². The Bertz CT molecular complexity index is 540. The molecule has 2 amide bonds. The van der Waals surface area contributed by atoms with E-state index in [1.165, 1.54) is 6.07 Å². The van der Waals surface area contributed by atoms with Crippen LogP contribution in [-0.2, 0) is 9.59 Å². The number of halogens is 1. The van der Waals surface area contributed by atoms with Crippen LogP contribution in [0.25, 0.3) is 0 Å². The van der Waals surface area contributed by atoms with Crippen molar-refractivity contribution in [2.24, 2.45) is 0 Å². The monoisotopic (exact) mass is 264 g/mol. The number of carbonyl (C=O) groups excluding carboxylic acids is 2. The number of aryl methyl sites for hydroxylation is 1. The van der Waals surface area contributed by atoms with E-state index in [1.807, 2.05) is 20.8 Å². The highest BCUT2D eigenvalue weighted by Crippen LogP contribution is 2.28. The van der Waals surface area contributed by atoms with Gasteiger partial charge in [0, 0.05) is 12.1 Å². The highest BCUT2D eigenvalue weighted by atomic mass is 19.1. The lowest BCUT2D eigenvalue weighted by Crippen LogP contribution is -2.40. The molecule has 19 heavy (non-hydrogen) atoms. The van der Waals surface area contributed by atoms with Crippen molar-refractivity contribution in [3.63, 3.8) is 0 Å². The van der Waals surface area contributed by atoms with Gasteiger partial charge in [-0.2, -0.15) is 0 Å². The molecular formula is C14H17FN2O2. The fourth-order valence-corrected chi connectivity index (χ4v) is 2.40. The third-order valence-electron chi connectivity index (χ3n) is 3.42. The zero-order valence-corrected chi connectivity index (χ0v) is 11.3. The van der Waals surface area contributed by atoms with Gasteiger partial charge in [-0.25, -0.2) is 4.39 Å². The van der Waals surface area contributed by atoms with E-state index in [0.717, 1.165) is 11.3 Å². The number of piperidine rings is 1. The van der Waals surface area contributed by atoms with E-state index >= 15 is 0 Å². The maximum Gasteiger partial charge on any atom is 0.235 e. The first kappa shape index (κ1) is 13.6. The molecule has 1 atom stereocenters. The van der Waals surface area contributed by atoms with Gasteiger partial charge in [-0.1, -0.05) is 13.8 Å². The largest absolute Gasteiger partial charge is 0.296 e. The standard InChI is InChI=1S/C14H17FN2O2/c1-7(2)10-6-11(15)13(16-8(10)3)9-4-5-12(18)17-14(9)19/h6-7,9H,4-5H2,1-3H3,(H,17,18,19). The van der Waals surface area contributed by atoms with E-state index in [-0.39, 0.29) is 23.9 Å². The molecule has 0 saturated carbocycles. The number of pyridine rings is 1. The molecule has 1 unspecified atom stereocenters. The Labute approximate surface area is 111 Å². The van der Waals surface area contributed by atoms with Gasteiger partial charge in [0.15, 0.2) is 0 Å². The Balaban J connectivity index is 2.38. The molecular weight excluding hydrogens is 247 g/mol. The Kier molecular flexibility index (Phi) is 3.64. The lowest BCUT2D eigenvalue weighted by molar-refractivity contribution is -0.134. The predicted octanol–water partition coefficient (Wildman–Crippen LogP) is 2.17. The summed E-state index contributed by atoms with van der Waals surface area (Å²) in [7, 11) is 0. The molecule has 1 aliphatic rings. The van der Waals surface area contributed by atoms with Crippen LogP contribution >= 0.6 is 0 Å². The molecule has 0 aliphatic carbocycles. The highest BCUT2D eigenvalue weighted by molar-refractivity contribution is 6.00. The van der Waals surface area contributed by atoms with Crippen molar-refractivity contribution in [1.29, 1.82) is 0 Å². The van der Waals surface area contributed by atoms with Crippen molar-refractivity contribution in [3.05, 3.63) is 28.8 Å². The molecule has 1 fully saturated rings. The quantitative estimate of drug-likeness (QED) is 0.833. The number of hydrogen-bond acceptors (Lipinski definition) is 3. The first-order valence-electron chi connectivity index (χ1n) is 6.40. The second-order valence-corrected chi connectivity index (χ2v) is 5.19. The molecule has 102 valence electrons. The van der Waals surface area contributed by atoms with E-state index in [1.54, 1.807) is 0 Å². The second-order valence-electron chi connectivity index (χ2n) is 5.19. The van der Waals surface area contributed by atoms with Gasteiger partial charge < -0.3 is 0 Å². The molecule has 0 bridgehead atoms. The van der Waals surface area contributed by atoms with E-state index < -0.39 is 17.6 Å². The van der Waals surface area contributed by atoms with Crippen molar-refractivity contribution >= 4 is 11.8 Å². The van der Waals surface area contributed by atoms with Gasteiger partial charge >= 0.3 is 0 Å². The van der Waals surface area contributed by atoms with Crippen LogP contribution in [0.4, 0.5) is 4.39 Å². The molecule has 0 radical (unpaired) electrons. The van der Waals surface area contributed by atoms with Crippen LogP contribution in [0.2, 0.25) is 0 Å². The highest BCUT2D eigenvalue weighted by Gasteiger charge is 2.31. The van der Waals surface area contributed by atoms with Gasteiger partial charge in [0.2, 0.25) is 11.8 Å². The number of hydrogen-bond donors (Lipinski definition) is 1.